The van der Waals surface area contributed by atoms with Crippen molar-refractivity contribution in [2.75, 3.05) is 18.1 Å². The smallest absolute Gasteiger partial charge is 0.221 e. The third-order valence-corrected chi connectivity index (χ3v) is 6.65. The second-order valence-electron chi connectivity index (χ2n) is 7.03. The molecule has 0 spiro atoms. The van der Waals surface area contributed by atoms with E-state index >= 15 is 0 Å². The number of carbonyl (C=O) groups excluding carboxylic acids is 1. The van der Waals surface area contributed by atoms with Gasteiger partial charge in [-0.15, -0.1) is 11.8 Å². The molecular formula is C20H21ClN4O2S. The number of allylic oxidation sites excluding steroid dienone is 1. The predicted octanol–water partition coefficient (Wildman–Crippen LogP) is 3.29. The van der Waals surface area contributed by atoms with Crippen LogP contribution in [0.5, 0.6) is 0 Å². The first-order valence-corrected chi connectivity index (χ1v) is 10.5. The topological polar surface area (TPSA) is 104 Å². The zero-order valence-corrected chi connectivity index (χ0v) is 17.0. The number of nitrogens with two attached hydrogens (primary N) is 2. The van der Waals surface area contributed by atoms with Gasteiger partial charge >= 0.3 is 0 Å². The maximum Gasteiger partial charge on any atom is 0.221 e. The minimum absolute atomic E-state index is 0.118. The lowest BCUT2D eigenvalue weighted by Gasteiger charge is -2.37. The molecule has 0 fully saturated rings. The van der Waals surface area contributed by atoms with Crippen LogP contribution in [-0.4, -0.2) is 28.2 Å². The Kier molecular flexibility index (Phi) is 5.31. The minimum atomic E-state index is -0.342. The van der Waals surface area contributed by atoms with Crippen molar-refractivity contribution in [3.63, 3.8) is 0 Å². The molecule has 8 heteroatoms. The third kappa shape index (κ3) is 3.50. The molecule has 6 nitrogen and oxygen atoms in total. The maximum atomic E-state index is 11.0. The van der Waals surface area contributed by atoms with E-state index in [-0.39, 0.29) is 30.1 Å². The Morgan fingerprint density at radius 1 is 1.39 bits per heavy atom. The molecule has 4 N–H and O–H groups in total. The molecule has 146 valence electrons. The summed E-state index contributed by atoms with van der Waals surface area (Å²) in [7, 11) is 0. The SMILES string of the molecule is C[C@H]1C(Cl)=C(c2cc(SCCC(N)=O)nc(N)n2)c2cccc3c2C1COC3. The molecule has 0 saturated carbocycles. The largest absolute Gasteiger partial charge is 0.376 e. The van der Waals surface area contributed by atoms with Crippen LogP contribution in [0.15, 0.2) is 34.3 Å². The number of ether oxygens (including phenoxy) is 1. The van der Waals surface area contributed by atoms with Gasteiger partial charge in [-0.05, 0) is 22.8 Å². The molecule has 2 heterocycles. The van der Waals surface area contributed by atoms with Gasteiger partial charge in [-0.2, -0.15) is 0 Å². The average Bonchev–Trinajstić information content (AvgIpc) is 2.65. The quantitative estimate of drug-likeness (QED) is 0.572. The lowest BCUT2D eigenvalue weighted by Crippen LogP contribution is -2.28. The van der Waals surface area contributed by atoms with Crippen LogP contribution in [0.2, 0.25) is 0 Å². The van der Waals surface area contributed by atoms with E-state index in [0.29, 0.717) is 29.7 Å². The van der Waals surface area contributed by atoms with Gasteiger partial charge in [-0.3, -0.25) is 4.79 Å². The number of amides is 1. The summed E-state index contributed by atoms with van der Waals surface area (Å²) in [6, 6.07) is 8.09. The highest BCUT2D eigenvalue weighted by molar-refractivity contribution is 7.99. The monoisotopic (exact) mass is 416 g/mol. The first-order valence-electron chi connectivity index (χ1n) is 9.11. The summed E-state index contributed by atoms with van der Waals surface area (Å²) in [6.45, 7) is 3.39. The second-order valence-corrected chi connectivity index (χ2v) is 8.55. The van der Waals surface area contributed by atoms with Gasteiger partial charge < -0.3 is 16.2 Å². The molecule has 1 amide bonds. The zero-order valence-electron chi connectivity index (χ0n) is 15.4. The van der Waals surface area contributed by atoms with Gasteiger partial charge in [0.25, 0.3) is 0 Å². The summed E-state index contributed by atoms with van der Waals surface area (Å²) in [5, 5.41) is 1.45. The highest BCUT2D eigenvalue weighted by Gasteiger charge is 2.37. The molecule has 1 aromatic carbocycles. The summed E-state index contributed by atoms with van der Waals surface area (Å²) >= 11 is 8.28. The normalized spacial score (nSPS) is 20.8. The van der Waals surface area contributed by atoms with Crippen LogP contribution in [0.25, 0.3) is 5.57 Å². The number of halogens is 1. The van der Waals surface area contributed by atoms with Gasteiger partial charge in [-0.25, -0.2) is 9.97 Å². The van der Waals surface area contributed by atoms with Gasteiger partial charge in [0.2, 0.25) is 11.9 Å². The molecule has 2 aliphatic rings. The lowest BCUT2D eigenvalue weighted by molar-refractivity contribution is -0.117. The van der Waals surface area contributed by atoms with E-state index in [2.05, 4.69) is 29.0 Å². The van der Waals surface area contributed by atoms with Gasteiger partial charge in [0, 0.05) is 34.6 Å². The number of hydrogen-bond acceptors (Lipinski definition) is 6. The Morgan fingerprint density at radius 3 is 3.00 bits per heavy atom. The summed E-state index contributed by atoms with van der Waals surface area (Å²) < 4.78 is 5.78. The number of hydrogen-bond donors (Lipinski definition) is 2. The average molecular weight is 417 g/mol. The number of rotatable bonds is 5. The van der Waals surface area contributed by atoms with Gasteiger partial charge in [-0.1, -0.05) is 36.7 Å². The lowest BCUT2D eigenvalue weighted by atomic mass is 9.73. The first kappa shape index (κ1) is 19.2. The fourth-order valence-electron chi connectivity index (χ4n) is 3.86. The van der Waals surface area contributed by atoms with Crippen LogP contribution in [-0.2, 0) is 16.1 Å². The van der Waals surface area contributed by atoms with Crippen LogP contribution < -0.4 is 11.5 Å². The van der Waals surface area contributed by atoms with Crippen LogP contribution in [0.4, 0.5) is 5.95 Å². The zero-order chi connectivity index (χ0) is 19.8. The molecule has 0 bridgehead atoms. The van der Waals surface area contributed by atoms with Crippen LogP contribution in [0.1, 0.15) is 41.6 Å². The van der Waals surface area contributed by atoms with Crippen LogP contribution in [0.3, 0.4) is 0 Å². The van der Waals surface area contributed by atoms with Gasteiger partial charge in [0.15, 0.2) is 0 Å². The molecule has 2 atom stereocenters. The molecule has 28 heavy (non-hydrogen) atoms. The summed E-state index contributed by atoms with van der Waals surface area (Å²) in [4.78, 5) is 19.7. The molecule has 1 aliphatic carbocycles. The second kappa shape index (κ2) is 7.73. The summed E-state index contributed by atoms with van der Waals surface area (Å²) in [5.41, 5.74) is 16.4. The summed E-state index contributed by atoms with van der Waals surface area (Å²) in [5.74, 6) is 0.728. The van der Waals surface area contributed by atoms with Gasteiger partial charge in [0.05, 0.1) is 18.9 Å². The highest BCUT2D eigenvalue weighted by Crippen LogP contribution is 2.49. The van der Waals surface area contributed by atoms with E-state index in [1.165, 1.54) is 22.9 Å². The maximum absolute atomic E-state index is 11.0. The van der Waals surface area contributed by atoms with Crippen LogP contribution >= 0.6 is 23.4 Å². The van der Waals surface area contributed by atoms with E-state index in [9.17, 15) is 4.79 Å². The number of nitrogens with zero attached hydrogens (tertiary/aromatic N) is 2. The van der Waals surface area contributed by atoms with Crippen molar-refractivity contribution in [1.29, 1.82) is 0 Å². The fraction of sp³-hybridized carbons (Fsp3) is 0.350. The van der Waals surface area contributed by atoms with E-state index in [4.69, 9.17) is 27.8 Å². The van der Waals surface area contributed by atoms with Crippen LogP contribution in [0, 0.1) is 5.92 Å². The Labute approximate surface area is 172 Å². The van der Waals surface area contributed by atoms with Crippen molar-refractivity contribution < 1.29 is 9.53 Å². The van der Waals surface area contributed by atoms with E-state index in [1.54, 1.807) is 0 Å². The Bertz CT molecular complexity index is 979. The number of thioether (sulfide) groups is 1. The molecule has 1 unspecified atom stereocenters. The fourth-order valence-corrected chi connectivity index (χ4v) is 5.08. The number of aromatic nitrogens is 2. The van der Waals surface area contributed by atoms with E-state index < -0.39 is 0 Å². The molecule has 1 aliphatic heterocycles. The number of anilines is 1. The highest BCUT2D eigenvalue weighted by atomic mass is 35.5. The van der Waals surface area contributed by atoms with Crippen molar-refractivity contribution in [2.45, 2.75) is 30.9 Å². The number of benzene rings is 1. The molecule has 2 aromatic rings. The Balaban J connectivity index is 1.79. The standard InChI is InChI=1S/C20H21ClN4O2S/c1-10-13-9-27-8-11-3-2-4-12(17(11)13)18(19(10)21)14-7-16(25-20(23)24-14)28-6-5-15(22)26/h2-4,7,10,13H,5-6,8-9H2,1H3,(H2,22,26)(H2,23,24,25)/t10-,13?/m1/s1. The van der Waals surface area contributed by atoms with Gasteiger partial charge in [0.1, 0.15) is 5.03 Å². The van der Waals surface area contributed by atoms with Crippen molar-refractivity contribution in [1.82, 2.24) is 9.97 Å². The molecule has 0 saturated heterocycles. The van der Waals surface area contributed by atoms with E-state index in [0.717, 1.165) is 16.2 Å². The first-order chi connectivity index (χ1) is 13.5. The van der Waals surface area contributed by atoms with Crippen molar-refractivity contribution >= 4 is 40.8 Å². The van der Waals surface area contributed by atoms with E-state index in [1.807, 2.05) is 12.1 Å². The Hall–Kier alpha value is -2.09. The number of nitrogen functional groups attached to an aromatic ring is 1. The molecule has 1 aromatic heterocycles. The predicted molar refractivity (Wildman–Crippen MR) is 111 cm³/mol. The Morgan fingerprint density at radius 2 is 2.21 bits per heavy atom. The number of primary amides is 1. The van der Waals surface area contributed by atoms with Crippen molar-refractivity contribution in [3.05, 3.63) is 51.7 Å². The molecule has 0 radical (unpaired) electrons. The van der Waals surface area contributed by atoms with Crippen molar-refractivity contribution in [3.8, 4) is 0 Å². The molecular weight excluding hydrogens is 396 g/mol. The third-order valence-electron chi connectivity index (χ3n) is 5.21. The molecule has 4 rings (SSSR count). The minimum Gasteiger partial charge on any atom is -0.376 e. The van der Waals surface area contributed by atoms with Crippen molar-refractivity contribution in [2.24, 2.45) is 11.7 Å². The summed E-state index contributed by atoms with van der Waals surface area (Å²) in [6.07, 6.45) is 0.276. The number of carbonyl (C=O) groups is 1.